The molecule has 0 aliphatic carbocycles. The lowest BCUT2D eigenvalue weighted by atomic mass is 10.1. The van der Waals surface area contributed by atoms with E-state index in [1.165, 1.54) is 12.1 Å². The Balaban J connectivity index is 0.000000671. The molecule has 0 spiro atoms. The number of aryl methyl sites for hydroxylation is 1. The van der Waals surface area contributed by atoms with Crippen LogP contribution in [0.2, 0.25) is 0 Å². The van der Waals surface area contributed by atoms with Crippen molar-refractivity contribution in [3.05, 3.63) is 35.1 Å². The van der Waals surface area contributed by atoms with Crippen molar-refractivity contribution in [3.8, 4) is 0 Å². The van der Waals surface area contributed by atoms with Gasteiger partial charge in [-0.15, -0.1) is 0 Å². The van der Waals surface area contributed by atoms with Crippen molar-refractivity contribution in [1.82, 2.24) is 0 Å². The lowest BCUT2D eigenvalue weighted by Gasteiger charge is -1.99. The molecule has 0 amide bonds. The van der Waals surface area contributed by atoms with Gasteiger partial charge in [0.25, 0.3) is 0 Å². The summed E-state index contributed by atoms with van der Waals surface area (Å²) in [6, 6.07) is 4.33. The summed E-state index contributed by atoms with van der Waals surface area (Å²) in [5, 5.41) is 0. The first-order valence-corrected chi connectivity index (χ1v) is 4.60. The maximum Gasteiger partial charge on any atom is 0.123 e. The molecule has 0 radical (unpaired) electrons. The van der Waals surface area contributed by atoms with E-state index in [0.717, 1.165) is 12.0 Å². The van der Waals surface area contributed by atoms with Crippen LogP contribution in [0.15, 0.2) is 18.2 Å². The van der Waals surface area contributed by atoms with E-state index in [1.54, 1.807) is 6.07 Å². The summed E-state index contributed by atoms with van der Waals surface area (Å²) >= 11 is 0. The summed E-state index contributed by atoms with van der Waals surface area (Å²) in [7, 11) is 0. The summed E-state index contributed by atoms with van der Waals surface area (Å²) in [6.07, 6.45) is 0.741. The second-order valence-electron chi connectivity index (χ2n) is 2.45. The molecule has 1 aromatic carbocycles. The largest absolute Gasteiger partial charge is 0.246 e. The van der Waals surface area contributed by atoms with Crippen LogP contribution in [-0.4, -0.2) is 0 Å². The van der Waals surface area contributed by atoms with Crippen LogP contribution in [0.3, 0.4) is 0 Å². The van der Waals surface area contributed by atoms with Crippen molar-refractivity contribution < 1.29 is 8.78 Å². The van der Waals surface area contributed by atoms with Crippen molar-refractivity contribution in [2.24, 2.45) is 0 Å². The molecule has 1 aromatic rings. The van der Waals surface area contributed by atoms with Gasteiger partial charge in [-0.2, -0.15) is 0 Å². The first-order valence-electron chi connectivity index (χ1n) is 4.60. The van der Waals surface area contributed by atoms with Crippen molar-refractivity contribution in [3.63, 3.8) is 0 Å². The molecular formula is C11H16F2. The average Bonchev–Trinajstić information content (AvgIpc) is 2.20. The summed E-state index contributed by atoms with van der Waals surface area (Å²) in [6.45, 7) is 5.32. The van der Waals surface area contributed by atoms with Crippen LogP contribution in [-0.2, 0) is 13.1 Å². The standard InChI is InChI=1S/C9H10F2.C2H6/c1-2-7-3-8(6-10)5-9(11)4-7;1-2/h3-5H,2,6H2,1H3;1-2H3. The zero-order valence-corrected chi connectivity index (χ0v) is 8.40. The van der Waals surface area contributed by atoms with Crippen LogP contribution < -0.4 is 0 Å². The summed E-state index contributed by atoms with van der Waals surface area (Å²) in [5.41, 5.74) is 1.26. The number of hydrogen-bond acceptors (Lipinski definition) is 0. The topological polar surface area (TPSA) is 0 Å². The molecular weight excluding hydrogens is 170 g/mol. The highest BCUT2D eigenvalue weighted by atomic mass is 19.1. The normalized spacial score (nSPS) is 9.00. The minimum Gasteiger partial charge on any atom is -0.246 e. The molecule has 0 fully saturated rings. The molecule has 0 heterocycles. The van der Waals surface area contributed by atoms with E-state index in [2.05, 4.69) is 0 Å². The molecule has 1 rings (SSSR count). The summed E-state index contributed by atoms with van der Waals surface area (Å²) in [5.74, 6) is -0.350. The van der Waals surface area contributed by atoms with Crippen LogP contribution >= 0.6 is 0 Å². The van der Waals surface area contributed by atoms with Crippen LogP contribution in [0.5, 0.6) is 0 Å². The van der Waals surface area contributed by atoms with Gasteiger partial charge in [-0.05, 0) is 29.7 Å². The smallest absolute Gasteiger partial charge is 0.123 e. The molecule has 0 atom stereocenters. The van der Waals surface area contributed by atoms with Crippen LogP contribution in [0.4, 0.5) is 8.78 Å². The highest BCUT2D eigenvalue weighted by molar-refractivity contribution is 5.24. The van der Waals surface area contributed by atoms with Gasteiger partial charge in [0, 0.05) is 0 Å². The molecule has 74 valence electrons. The Bertz CT molecular complexity index is 222. The van der Waals surface area contributed by atoms with Crippen molar-refractivity contribution in [2.45, 2.75) is 33.9 Å². The predicted molar refractivity (Wildman–Crippen MR) is 51.9 cm³/mol. The SMILES string of the molecule is CC.CCc1cc(F)cc(CF)c1. The Kier molecular flexibility index (Phi) is 6.11. The van der Waals surface area contributed by atoms with Crippen LogP contribution in [0.25, 0.3) is 0 Å². The number of benzene rings is 1. The van der Waals surface area contributed by atoms with E-state index in [9.17, 15) is 8.78 Å². The maximum absolute atomic E-state index is 12.6. The van der Waals surface area contributed by atoms with Crippen LogP contribution in [0.1, 0.15) is 31.9 Å². The van der Waals surface area contributed by atoms with E-state index in [1.807, 2.05) is 20.8 Å². The minimum atomic E-state index is -0.592. The quantitative estimate of drug-likeness (QED) is 0.657. The number of halogens is 2. The molecule has 0 aliphatic heterocycles. The molecule has 0 saturated carbocycles. The average molecular weight is 186 g/mol. The Hall–Kier alpha value is -0.920. The van der Waals surface area contributed by atoms with Gasteiger partial charge in [-0.25, -0.2) is 8.78 Å². The van der Waals surface area contributed by atoms with Gasteiger partial charge in [0.1, 0.15) is 12.5 Å². The van der Waals surface area contributed by atoms with E-state index in [-0.39, 0.29) is 5.82 Å². The maximum atomic E-state index is 12.6. The molecule has 0 bridgehead atoms. The Morgan fingerprint density at radius 3 is 2.08 bits per heavy atom. The van der Waals surface area contributed by atoms with Gasteiger partial charge in [-0.3, -0.25) is 0 Å². The highest BCUT2D eigenvalue weighted by Gasteiger charge is 1.98. The van der Waals surface area contributed by atoms with E-state index < -0.39 is 6.67 Å². The molecule has 13 heavy (non-hydrogen) atoms. The molecule has 0 aromatic heterocycles. The third-order valence-corrected chi connectivity index (χ3v) is 1.58. The van der Waals surface area contributed by atoms with E-state index in [0.29, 0.717) is 5.56 Å². The zero-order valence-electron chi connectivity index (χ0n) is 8.40. The minimum absolute atomic E-state index is 0.350. The van der Waals surface area contributed by atoms with Gasteiger partial charge >= 0.3 is 0 Å². The van der Waals surface area contributed by atoms with E-state index >= 15 is 0 Å². The molecule has 0 N–H and O–H groups in total. The molecule has 0 aliphatic rings. The predicted octanol–water partition coefficient (Wildman–Crippen LogP) is 3.88. The fourth-order valence-electron chi connectivity index (χ4n) is 0.999. The van der Waals surface area contributed by atoms with Gasteiger partial charge in [-0.1, -0.05) is 26.8 Å². The van der Waals surface area contributed by atoms with E-state index in [4.69, 9.17) is 0 Å². The van der Waals surface area contributed by atoms with Gasteiger partial charge in [0.15, 0.2) is 0 Å². The van der Waals surface area contributed by atoms with Crippen molar-refractivity contribution >= 4 is 0 Å². The van der Waals surface area contributed by atoms with Crippen LogP contribution in [0, 0.1) is 5.82 Å². The summed E-state index contributed by atoms with van der Waals surface area (Å²) < 4.78 is 24.7. The van der Waals surface area contributed by atoms with Crippen molar-refractivity contribution in [2.75, 3.05) is 0 Å². The van der Waals surface area contributed by atoms with Gasteiger partial charge in [0.2, 0.25) is 0 Å². The zero-order chi connectivity index (χ0) is 10.3. The third-order valence-electron chi connectivity index (χ3n) is 1.58. The molecule has 0 nitrogen and oxygen atoms in total. The number of rotatable bonds is 2. The van der Waals surface area contributed by atoms with Crippen molar-refractivity contribution in [1.29, 1.82) is 0 Å². The monoisotopic (exact) mass is 186 g/mol. The summed E-state index contributed by atoms with van der Waals surface area (Å²) in [4.78, 5) is 0. The Labute approximate surface area is 78.6 Å². The second-order valence-corrected chi connectivity index (χ2v) is 2.45. The number of hydrogen-bond donors (Lipinski definition) is 0. The van der Waals surface area contributed by atoms with Gasteiger partial charge < -0.3 is 0 Å². The lowest BCUT2D eigenvalue weighted by Crippen LogP contribution is -1.87. The first-order chi connectivity index (χ1) is 6.26. The molecule has 2 heteroatoms. The fraction of sp³-hybridized carbons (Fsp3) is 0.455. The second kappa shape index (κ2) is 6.58. The Morgan fingerprint density at radius 2 is 1.62 bits per heavy atom. The highest BCUT2D eigenvalue weighted by Crippen LogP contribution is 2.10. The number of alkyl halides is 1. The lowest BCUT2D eigenvalue weighted by molar-refractivity contribution is 0.482. The Morgan fingerprint density at radius 1 is 1.08 bits per heavy atom. The van der Waals surface area contributed by atoms with Gasteiger partial charge in [0.05, 0.1) is 0 Å². The molecule has 0 saturated heterocycles. The fourth-order valence-corrected chi connectivity index (χ4v) is 0.999. The molecule has 0 unspecified atom stereocenters. The third kappa shape index (κ3) is 4.02. The first kappa shape index (κ1) is 12.1.